The summed E-state index contributed by atoms with van der Waals surface area (Å²) < 4.78 is 1.67. The molecule has 5 heteroatoms. The number of aryl methyl sites for hydroxylation is 1. The number of nitrogens with zero attached hydrogens (tertiary/aromatic N) is 4. The molecule has 2 aliphatic rings. The largest absolute Gasteiger partial charge is 0.364 e. The van der Waals surface area contributed by atoms with E-state index in [0.29, 0.717) is 12.1 Å². The SMILES string of the molecule is CCc1nc2ccc(N3CC4C3CN4C)cc2c(=O)n1C. The van der Waals surface area contributed by atoms with Gasteiger partial charge in [0.15, 0.2) is 0 Å². The summed E-state index contributed by atoms with van der Waals surface area (Å²) in [5.74, 6) is 0.838. The molecule has 2 atom stereocenters. The molecule has 2 aromatic rings. The minimum absolute atomic E-state index is 0.0569. The molecule has 2 saturated heterocycles. The summed E-state index contributed by atoms with van der Waals surface area (Å²) in [5, 5.41) is 0.725. The number of likely N-dealkylation sites (N-methyl/N-ethyl adjacent to an activating group) is 1. The zero-order chi connectivity index (χ0) is 14.7. The van der Waals surface area contributed by atoms with Crippen LogP contribution in [0, 0.1) is 0 Å². The summed E-state index contributed by atoms with van der Waals surface area (Å²) >= 11 is 0. The molecular formula is C16H20N4O. The Labute approximate surface area is 123 Å². The average molecular weight is 284 g/mol. The number of hydrogen-bond acceptors (Lipinski definition) is 4. The molecule has 2 unspecified atom stereocenters. The first-order chi connectivity index (χ1) is 10.1. The fourth-order valence-corrected chi connectivity index (χ4v) is 3.57. The molecule has 110 valence electrons. The lowest BCUT2D eigenvalue weighted by Gasteiger charge is -2.62. The molecule has 0 amide bonds. The van der Waals surface area contributed by atoms with Gasteiger partial charge in [0.05, 0.1) is 16.9 Å². The van der Waals surface area contributed by atoms with Crippen molar-refractivity contribution in [1.82, 2.24) is 14.5 Å². The molecular weight excluding hydrogens is 264 g/mol. The molecule has 5 nitrogen and oxygen atoms in total. The van der Waals surface area contributed by atoms with Gasteiger partial charge in [0.2, 0.25) is 0 Å². The maximum atomic E-state index is 12.5. The van der Waals surface area contributed by atoms with Crippen molar-refractivity contribution in [2.75, 3.05) is 25.0 Å². The van der Waals surface area contributed by atoms with Crippen LogP contribution in [0.2, 0.25) is 0 Å². The van der Waals surface area contributed by atoms with Crippen molar-refractivity contribution in [3.63, 3.8) is 0 Å². The Kier molecular flexibility index (Phi) is 2.63. The molecule has 0 N–H and O–H groups in total. The molecule has 4 rings (SSSR count). The third-order valence-corrected chi connectivity index (χ3v) is 5.07. The topological polar surface area (TPSA) is 41.4 Å². The minimum Gasteiger partial charge on any atom is -0.364 e. The van der Waals surface area contributed by atoms with Crippen LogP contribution in [0.1, 0.15) is 12.7 Å². The third-order valence-electron chi connectivity index (χ3n) is 5.07. The summed E-state index contributed by atoms with van der Waals surface area (Å²) in [4.78, 5) is 21.9. The summed E-state index contributed by atoms with van der Waals surface area (Å²) in [7, 11) is 3.98. The minimum atomic E-state index is 0.0569. The number of likely N-dealkylation sites (tertiary alicyclic amines) is 1. The van der Waals surface area contributed by atoms with Gasteiger partial charge in [-0.3, -0.25) is 14.3 Å². The standard InChI is InChI=1S/C16H20N4O/c1-4-15-17-12-6-5-10(7-11(12)16(21)19(15)3)20-9-13-14(20)8-18(13)2/h5-7,13-14H,4,8-9H2,1-3H3. The highest BCUT2D eigenvalue weighted by Gasteiger charge is 2.49. The molecule has 0 radical (unpaired) electrons. The van der Waals surface area contributed by atoms with Gasteiger partial charge in [0, 0.05) is 38.3 Å². The smallest absolute Gasteiger partial charge is 0.261 e. The van der Waals surface area contributed by atoms with E-state index in [1.807, 2.05) is 19.1 Å². The van der Waals surface area contributed by atoms with Gasteiger partial charge < -0.3 is 4.90 Å². The Hall–Kier alpha value is -1.88. The van der Waals surface area contributed by atoms with Gasteiger partial charge in [-0.05, 0) is 25.2 Å². The molecule has 0 bridgehead atoms. The van der Waals surface area contributed by atoms with Crippen LogP contribution in [0.4, 0.5) is 5.69 Å². The second kappa shape index (κ2) is 4.31. The van der Waals surface area contributed by atoms with E-state index in [1.54, 1.807) is 11.6 Å². The lowest BCUT2D eigenvalue weighted by Crippen LogP contribution is -2.78. The van der Waals surface area contributed by atoms with Crippen LogP contribution < -0.4 is 10.5 Å². The summed E-state index contributed by atoms with van der Waals surface area (Å²) in [6, 6.07) is 7.42. The van der Waals surface area contributed by atoms with Crippen LogP contribution in [0.5, 0.6) is 0 Å². The van der Waals surface area contributed by atoms with Crippen LogP contribution in [0.15, 0.2) is 23.0 Å². The van der Waals surface area contributed by atoms with E-state index in [1.165, 1.54) is 0 Å². The Bertz CT molecular complexity index is 782. The van der Waals surface area contributed by atoms with Crippen molar-refractivity contribution in [2.24, 2.45) is 7.05 Å². The van der Waals surface area contributed by atoms with Crippen molar-refractivity contribution in [1.29, 1.82) is 0 Å². The lowest BCUT2D eigenvalue weighted by molar-refractivity contribution is 0.0369. The predicted octanol–water partition coefficient (Wildman–Crippen LogP) is 0.998. The normalized spacial score (nSPS) is 24.6. The molecule has 0 saturated carbocycles. The van der Waals surface area contributed by atoms with Crippen LogP contribution in [0.3, 0.4) is 0 Å². The summed E-state index contributed by atoms with van der Waals surface area (Å²) in [6.45, 7) is 4.20. The maximum absolute atomic E-state index is 12.5. The molecule has 1 aromatic carbocycles. The molecule has 0 spiro atoms. The van der Waals surface area contributed by atoms with Gasteiger partial charge in [-0.2, -0.15) is 0 Å². The van der Waals surface area contributed by atoms with Crippen LogP contribution in [-0.4, -0.2) is 46.7 Å². The summed E-state index contributed by atoms with van der Waals surface area (Å²) in [5.41, 5.74) is 2.02. The van der Waals surface area contributed by atoms with E-state index in [-0.39, 0.29) is 5.56 Å². The van der Waals surface area contributed by atoms with Crippen molar-refractivity contribution in [3.8, 4) is 0 Å². The molecule has 2 fully saturated rings. The van der Waals surface area contributed by atoms with Crippen LogP contribution >= 0.6 is 0 Å². The number of rotatable bonds is 2. The van der Waals surface area contributed by atoms with E-state index < -0.39 is 0 Å². The van der Waals surface area contributed by atoms with Crippen LogP contribution in [0.25, 0.3) is 10.9 Å². The van der Waals surface area contributed by atoms with E-state index in [4.69, 9.17) is 0 Å². The zero-order valence-corrected chi connectivity index (χ0v) is 12.7. The monoisotopic (exact) mass is 284 g/mol. The lowest BCUT2D eigenvalue weighted by atomic mass is 9.85. The van der Waals surface area contributed by atoms with Crippen LogP contribution in [-0.2, 0) is 13.5 Å². The second-order valence-corrected chi connectivity index (χ2v) is 6.17. The quantitative estimate of drug-likeness (QED) is 0.825. The number of benzene rings is 1. The fraction of sp³-hybridized carbons (Fsp3) is 0.500. The van der Waals surface area contributed by atoms with Gasteiger partial charge in [0.1, 0.15) is 5.82 Å². The van der Waals surface area contributed by atoms with Crippen molar-refractivity contribution in [3.05, 3.63) is 34.4 Å². The Morgan fingerprint density at radius 3 is 2.67 bits per heavy atom. The van der Waals surface area contributed by atoms with Gasteiger partial charge in [-0.1, -0.05) is 6.92 Å². The van der Waals surface area contributed by atoms with Crippen molar-refractivity contribution in [2.45, 2.75) is 25.4 Å². The first kappa shape index (κ1) is 12.8. The van der Waals surface area contributed by atoms with Gasteiger partial charge in [0.25, 0.3) is 5.56 Å². The number of aromatic nitrogens is 2. The van der Waals surface area contributed by atoms with Crippen molar-refractivity contribution >= 4 is 16.6 Å². The van der Waals surface area contributed by atoms with E-state index in [9.17, 15) is 4.79 Å². The first-order valence-electron chi connectivity index (χ1n) is 7.56. The Balaban J connectivity index is 1.77. The van der Waals surface area contributed by atoms with Gasteiger partial charge in [-0.25, -0.2) is 4.98 Å². The van der Waals surface area contributed by atoms with Gasteiger partial charge >= 0.3 is 0 Å². The number of hydrogen-bond donors (Lipinski definition) is 0. The molecule has 3 heterocycles. The predicted molar refractivity (Wildman–Crippen MR) is 83.9 cm³/mol. The second-order valence-electron chi connectivity index (χ2n) is 6.17. The average Bonchev–Trinajstić information content (AvgIpc) is 2.48. The number of fused-ring (bicyclic) bond motifs is 2. The third kappa shape index (κ3) is 1.67. The first-order valence-corrected chi connectivity index (χ1v) is 7.56. The van der Waals surface area contributed by atoms with E-state index in [0.717, 1.165) is 41.9 Å². The van der Waals surface area contributed by atoms with Gasteiger partial charge in [-0.15, -0.1) is 0 Å². The highest BCUT2D eigenvalue weighted by molar-refractivity contribution is 5.82. The molecule has 21 heavy (non-hydrogen) atoms. The Morgan fingerprint density at radius 1 is 1.24 bits per heavy atom. The molecule has 1 aromatic heterocycles. The zero-order valence-electron chi connectivity index (χ0n) is 12.7. The molecule has 2 aliphatic heterocycles. The fourth-order valence-electron chi connectivity index (χ4n) is 3.57. The van der Waals surface area contributed by atoms with Crippen molar-refractivity contribution < 1.29 is 0 Å². The van der Waals surface area contributed by atoms with E-state index in [2.05, 4.69) is 27.9 Å². The molecule has 0 aliphatic carbocycles. The van der Waals surface area contributed by atoms with E-state index >= 15 is 0 Å². The maximum Gasteiger partial charge on any atom is 0.261 e. The number of piperazine rings is 1. The highest BCUT2D eigenvalue weighted by Crippen LogP contribution is 2.36. The highest BCUT2D eigenvalue weighted by atomic mass is 16.1. The summed E-state index contributed by atoms with van der Waals surface area (Å²) in [6.07, 6.45) is 0.769. The Morgan fingerprint density at radius 2 is 2.05 bits per heavy atom. The number of anilines is 1.